The van der Waals surface area contributed by atoms with E-state index in [1.807, 2.05) is 44.2 Å². The first-order valence-corrected chi connectivity index (χ1v) is 4.76. The van der Waals surface area contributed by atoms with Crippen LogP contribution in [0, 0.1) is 11.3 Å². The SMILES string of the molecule is CC(C)Oc1ccc(/C(N)=C/C#N)cc1. The van der Waals surface area contributed by atoms with Crippen LogP contribution in [0.15, 0.2) is 30.3 Å². The Balaban J connectivity index is 2.82. The number of ether oxygens (including phenoxy) is 1. The van der Waals surface area contributed by atoms with Crippen LogP contribution < -0.4 is 10.5 Å². The van der Waals surface area contributed by atoms with E-state index >= 15 is 0 Å². The van der Waals surface area contributed by atoms with Crippen molar-refractivity contribution < 1.29 is 4.74 Å². The van der Waals surface area contributed by atoms with E-state index in [1.54, 1.807) is 0 Å². The molecule has 0 unspecified atom stereocenters. The van der Waals surface area contributed by atoms with E-state index in [0.717, 1.165) is 11.3 Å². The summed E-state index contributed by atoms with van der Waals surface area (Å²) in [7, 11) is 0. The molecule has 0 bridgehead atoms. The van der Waals surface area contributed by atoms with Crippen LogP contribution in [-0.4, -0.2) is 6.10 Å². The summed E-state index contributed by atoms with van der Waals surface area (Å²) >= 11 is 0. The molecule has 0 amide bonds. The van der Waals surface area contributed by atoms with Gasteiger partial charge in [-0.1, -0.05) is 0 Å². The highest BCUT2D eigenvalue weighted by molar-refractivity contribution is 5.65. The second-order valence-electron chi connectivity index (χ2n) is 3.42. The second kappa shape index (κ2) is 5.06. The van der Waals surface area contributed by atoms with E-state index in [0.29, 0.717) is 5.70 Å². The number of hydrogen-bond acceptors (Lipinski definition) is 3. The minimum Gasteiger partial charge on any atom is -0.491 e. The molecule has 0 atom stereocenters. The predicted molar refractivity (Wildman–Crippen MR) is 60.0 cm³/mol. The van der Waals surface area contributed by atoms with E-state index in [2.05, 4.69) is 0 Å². The molecule has 2 N–H and O–H groups in total. The summed E-state index contributed by atoms with van der Waals surface area (Å²) in [6, 6.07) is 9.24. The predicted octanol–water partition coefficient (Wildman–Crippen LogP) is 2.30. The Morgan fingerprint density at radius 3 is 2.47 bits per heavy atom. The van der Waals surface area contributed by atoms with Crippen LogP contribution in [0.5, 0.6) is 5.75 Å². The number of nitrogens with zero attached hydrogens (tertiary/aromatic N) is 1. The van der Waals surface area contributed by atoms with Crippen molar-refractivity contribution in [3.63, 3.8) is 0 Å². The van der Waals surface area contributed by atoms with E-state index in [9.17, 15) is 0 Å². The van der Waals surface area contributed by atoms with Gasteiger partial charge < -0.3 is 10.5 Å². The highest BCUT2D eigenvalue weighted by atomic mass is 16.5. The van der Waals surface area contributed by atoms with Crippen molar-refractivity contribution in [1.29, 1.82) is 5.26 Å². The molecule has 0 saturated carbocycles. The molecule has 3 nitrogen and oxygen atoms in total. The third kappa shape index (κ3) is 3.35. The highest BCUT2D eigenvalue weighted by Crippen LogP contribution is 2.16. The number of hydrogen-bond donors (Lipinski definition) is 1. The van der Waals surface area contributed by atoms with Gasteiger partial charge in [-0.15, -0.1) is 0 Å². The average molecular weight is 202 g/mol. The zero-order valence-corrected chi connectivity index (χ0v) is 8.90. The van der Waals surface area contributed by atoms with Crippen LogP contribution in [0.1, 0.15) is 19.4 Å². The monoisotopic (exact) mass is 202 g/mol. The van der Waals surface area contributed by atoms with Gasteiger partial charge in [0.15, 0.2) is 0 Å². The van der Waals surface area contributed by atoms with E-state index in [-0.39, 0.29) is 6.10 Å². The van der Waals surface area contributed by atoms with Gasteiger partial charge in [0.05, 0.1) is 12.2 Å². The molecule has 0 saturated heterocycles. The first-order valence-electron chi connectivity index (χ1n) is 4.76. The van der Waals surface area contributed by atoms with Crippen LogP contribution in [0.3, 0.4) is 0 Å². The summed E-state index contributed by atoms with van der Waals surface area (Å²) in [6.45, 7) is 3.94. The third-order valence-electron chi connectivity index (χ3n) is 1.78. The van der Waals surface area contributed by atoms with Gasteiger partial charge in [-0.05, 0) is 43.7 Å². The van der Waals surface area contributed by atoms with E-state index in [1.165, 1.54) is 6.08 Å². The Morgan fingerprint density at radius 1 is 1.40 bits per heavy atom. The summed E-state index contributed by atoms with van der Waals surface area (Å²) in [5.41, 5.74) is 6.95. The Morgan fingerprint density at radius 2 is 2.00 bits per heavy atom. The minimum atomic E-state index is 0.155. The zero-order valence-electron chi connectivity index (χ0n) is 8.90. The molecule has 0 aromatic heterocycles. The maximum absolute atomic E-state index is 8.44. The first kappa shape index (κ1) is 11.1. The molecule has 0 spiro atoms. The van der Waals surface area contributed by atoms with Crippen LogP contribution in [-0.2, 0) is 0 Å². The van der Waals surface area contributed by atoms with Gasteiger partial charge in [0, 0.05) is 11.8 Å². The standard InChI is InChI=1S/C12H14N2O/c1-9(2)15-11-5-3-10(4-6-11)12(14)7-8-13/h3-7,9H,14H2,1-2H3/b12-7-. The molecule has 1 aromatic carbocycles. The van der Waals surface area contributed by atoms with Gasteiger partial charge in [-0.25, -0.2) is 0 Å². The second-order valence-corrected chi connectivity index (χ2v) is 3.42. The average Bonchev–Trinajstić information content (AvgIpc) is 2.18. The lowest BCUT2D eigenvalue weighted by atomic mass is 10.1. The Kier molecular flexibility index (Phi) is 3.75. The van der Waals surface area contributed by atoms with Crippen LogP contribution in [0.4, 0.5) is 0 Å². The summed E-state index contributed by atoms with van der Waals surface area (Å²) in [4.78, 5) is 0. The molecule has 15 heavy (non-hydrogen) atoms. The Labute approximate surface area is 89.8 Å². The molecule has 78 valence electrons. The lowest BCUT2D eigenvalue weighted by Gasteiger charge is -2.09. The van der Waals surface area contributed by atoms with Crippen molar-refractivity contribution in [3.05, 3.63) is 35.9 Å². The first-order chi connectivity index (χ1) is 7.13. The summed E-state index contributed by atoms with van der Waals surface area (Å²) in [6.07, 6.45) is 1.47. The van der Waals surface area contributed by atoms with Crippen molar-refractivity contribution in [2.45, 2.75) is 20.0 Å². The van der Waals surface area contributed by atoms with E-state index in [4.69, 9.17) is 15.7 Å². The third-order valence-corrected chi connectivity index (χ3v) is 1.78. The molecule has 0 heterocycles. The fourth-order valence-electron chi connectivity index (χ4n) is 1.15. The maximum atomic E-state index is 8.44. The molecular weight excluding hydrogens is 188 g/mol. The van der Waals surface area contributed by atoms with E-state index < -0.39 is 0 Å². The number of benzene rings is 1. The quantitative estimate of drug-likeness (QED) is 0.765. The molecule has 0 fully saturated rings. The molecule has 1 rings (SSSR count). The van der Waals surface area contributed by atoms with Gasteiger partial charge in [-0.2, -0.15) is 5.26 Å². The molecule has 1 aromatic rings. The smallest absolute Gasteiger partial charge is 0.119 e. The van der Waals surface area contributed by atoms with Crippen molar-refractivity contribution >= 4 is 5.70 Å². The van der Waals surface area contributed by atoms with Crippen molar-refractivity contribution in [1.82, 2.24) is 0 Å². The topological polar surface area (TPSA) is 59.0 Å². The lowest BCUT2D eigenvalue weighted by molar-refractivity contribution is 0.242. The normalized spacial score (nSPS) is 11.2. The molecule has 0 aliphatic rings. The van der Waals surface area contributed by atoms with Crippen molar-refractivity contribution in [3.8, 4) is 11.8 Å². The van der Waals surface area contributed by atoms with Crippen molar-refractivity contribution in [2.24, 2.45) is 5.73 Å². The molecular formula is C12H14N2O. The maximum Gasteiger partial charge on any atom is 0.119 e. The fourth-order valence-corrected chi connectivity index (χ4v) is 1.15. The van der Waals surface area contributed by atoms with Gasteiger partial charge in [0.2, 0.25) is 0 Å². The summed E-state index contributed by atoms with van der Waals surface area (Å²) in [5, 5.41) is 8.44. The van der Waals surface area contributed by atoms with Crippen molar-refractivity contribution in [2.75, 3.05) is 0 Å². The number of nitrogens with two attached hydrogens (primary N) is 1. The zero-order chi connectivity index (χ0) is 11.3. The van der Waals surface area contributed by atoms with Gasteiger partial charge in [-0.3, -0.25) is 0 Å². The van der Waals surface area contributed by atoms with Gasteiger partial charge in [0.25, 0.3) is 0 Å². The summed E-state index contributed by atoms with van der Waals surface area (Å²) < 4.78 is 5.48. The molecule has 0 radical (unpaired) electrons. The summed E-state index contributed by atoms with van der Waals surface area (Å²) in [5.74, 6) is 0.804. The molecule has 3 heteroatoms. The van der Waals surface area contributed by atoms with Gasteiger partial charge >= 0.3 is 0 Å². The van der Waals surface area contributed by atoms with Crippen LogP contribution in [0.2, 0.25) is 0 Å². The number of rotatable bonds is 3. The molecule has 0 aliphatic heterocycles. The fraction of sp³-hybridized carbons (Fsp3) is 0.250. The highest BCUT2D eigenvalue weighted by Gasteiger charge is 1.99. The number of allylic oxidation sites excluding steroid dienone is 1. The number of nitriles is 1. The lowest BCUT2D eigenvalue weighted by Crippen LogP contribution is -2.05. The minimum absolute atomic E-state index is 0.155. The van der Waals surface area contributed by atoms with Crippen LogP contribution in [0.25, 0.3) is 5.70 Å². The van der Waals surface area contributed by atoms with Crippen LogP contribution >= 0.6 is 0 Å². The molecule has 0 aliphatic carbocycles. The Bertz CT molecular complexity index is 385. The Hall–Kier alpha value is -1.95. The largest absolute Gasteiger partial charge is 0.491 e. The van der Waals surface area contributed by atoms with Gasteiger partial charge in [0.1, 0.15) is 5.75 Å².